The number of aromatic nitrogens is 1. The summed E-state index contributed by atoms with van der Waals surface area (Å²) in [5.74, 6) is -0.583. The topological polar surface area (TPSA) is 31.4 Å². The fourth-order valence-electron chi connectivity index (χ4n) is 1.70. The van der Waals surface area contributed by atoms with Gasteiger partial charge in [-0.05, 0) is 27.7 Å². The molecule has 0 spiro atoms. The summed E-state index contributed by atoms with van der Waals surface area (Å²) in [6.45, 7) is 9.60. The third kappa shape index (κ3) is 2.18. The number of nitrogens with zero attached hydrogens (tertiary/aromatic N) is 1. The lowest BCUT2D eigenvalue weighted by molar-refractivity contribution is -0.143. The molecule has 1 saturated heterocycles. The summed E-state index contributed by atoms with van der Waals surface area (Å²) in [5.41, 5.74) is 0.893. The molecule has 0 N–H and O–H groups in total. The van der Waals surface area contributed by atoms with Crippen molar-refractivity contribution in [2.24, 2.45) is 0 Å². The molecular formula is C10H13ClNO2S. The molecule has 0 aliphatic carbocycles. The first kappa shape index (κ1) is 11.3. The van der Waals surface area contributed by atoms with Crippen molar-refractivity contribution < 1.29 is 9.47 Å². The monoisotopic (exact) mass is 246 g/mol. The van der Waals surface area contributed by atoms with Crippen molar-refractivity contribution in [2.45, 2.75) is 38.8 Å². The summed E-state index contributed by atoms with van der Waals surface area (Å²) < 4.78 is 11.9. The summed E-state index contributed by atoms with van der Waals surface area (Å²) in [4.78, 5) is 5.16. The number of halogens is 1. The molecule has 15 heavy (non-hydrogen) atoms. The van der Waals surface area contributed by atoms with E-state index in [1.165, 1.54) is 11.3 Å². The highest BCUT2D eigenvalue weighted by molar-refractivity contribution is 7.15. The van der Waals surface area contributed by atoms with Gasteiger partial charge in [0, 0.05) is 0 Å². The van der Waals surface area contributed by atoms with Crippen LogP contribution in [0.4, 0.5) is 0 Å². The minimum Gasteiger partial charge on any atom is -0.344 e. The molecule has 0 unspecified atom stereocenters. The zero-order valence-corrected chi connectivity index (χ0v) is 10.5. The molecule has 0 amide bonds. The summed E-state index contributed by atoms with van der Waals surface area (Å²) in [7, 11) is 0. The third-order valence-corrected chi connectivity index (χ3v) is 3.57. The number of thiazole rings is 1. The van der Waals surface area contributed by atoms with Crippen molar-refractivity contribution in [1.82, 2.24) is 4.98 Å². The van der Waals surface area contributed by atoms with Gasteiger partial charge in [-0.15, -0.1) is 11.3 Å². The van der Waals surface area contributed by atoms with Crippen LogP contribution in [0.2, 0.25) is 4.47 Å². The van der Waals surface area contributed by atoms with E-state index in [0.29, 0.717) is 4.47 Å². The Morgan fingerprint density at radius 2 is 2.13 bits per heavy atom. The zero-order valence-electron chi connectivity index (χ0n) is 8.91. The van der Waals surface area contributed by atoms with Crippen molar-refractivity contribution in [3.05, 3.63) is 22.0 Å². The van der Waals surface area contributed by atoms with Crippen LogP contribution in [0.25, 0.3) is 0 Å². The van der Waals surface area contributed by atoms with E-state index in [1.807, 2.05) is 20.8 Å². The second kappa shape index (κ2) is 3.70. The van der Waals surface area contributed by atoms with Gasteiger partial charge in [0.2, 0.25) is 0 Å². The molecule has 1 radical (unpaired) electrons. The van der Waals surface area contributed by atoms with Gasteiger partial charge in [0.15, 0.2) is 10.3 Å². The normalized spacial score (nSPS) is 29.7. The average Bonchev–Trinajstić information content (AvgIpc) is 2.52. The van der Waals surface area contributed by atoms with E-state index in [1.54, 1.807) is 0 Å². The molecule has 1 aromatic heterocycles. The first-order valence-electron chi connectivity index (χ1n) is 4.70. The van der Waals surface area contributed by atoms with E-state index in [-0.39, 0.29) is 12.2 Å². The summed E-state index contributed by atoms with van der Waals surface area (Å²) in [6.07, 6.45) is -0.375. The predicted octanol–water partition coefficient (Wildman–Crippen LogP) is 3.13. The molecule has 1 aliphatic heterocycles. The van der Waals surface area contributed by atoms with Gasteiger partial charge in [-0.1, -0.05) is 11.6 Å². The molecule has 3 nitrogen and oxygen atoms in total. The highest BCUT2D eigenvalue weighted by atomic mass is 35.5. The Morgan fingerprint density at radius 1 is 1.47 bits per heavy atom. The van der Waals surface area contributed by atoms with Crippen LogP contribution in [0.3, 0.4) is 0 Å². The number of ether oxygens (including phenoxy) is 2. The Kier molecular flexibility index (Phi) is 2.79. The lowest BCUT2D eigenvalue weighted by Crippen LogP contribution is -2.20. The molecular weight excluding hydrogens is 234 g/mol. The van der Waals surface area contributed by atoms with E-state index < -0.39 is 5.79 Å². The second-order valence-electron chi connectivity index (χ2n) is 4.01. The minimum atomic E-state index is -0.583. The van der Waals surface area contributed by atoms with Crippen LogP contribution in [-0.4, -0.2) is 16.9 Å². The number of hydrogen-bond donors (Lipinski definition) is 0. The largest absolute Gasteiger partial charge is 0.344 e. The zero-order chi connectivity index (χ0) is 11.2. The van der Waals surface area contributed by atoms with Crippen molar-refractivity contribution >= 4 is 22.9 Å². The average molecular weight is 247 g/mol. The molecule has 1 aromatic rings. The number of rotatable bonds is 1. The van der Waals surface area contributed by atoms with Crippen LogP contribution in [0, 0.1) is 13.8 Å². The SMILES string of the molecule is [CH2][C@@H]1OC(C)(C)O[C@H]1c1sc(Cl)nc1C. The molecule has 83 valence electrons. The predicted molar refractivity (Wildman–Crippen MR) is 60.0 cm³/mol. The van der Waals surface area contributed by atoms with Crippen molar-refractivity contribution in [3.63, 3.8) is 0 Å². The quantitative estimate of drug-likeness (QED) is 0.763. The van der Waals surface area contributed by atoms with Crippen molar-refractivity contribution in [2.75, 3.05) is 0 Å². The van der Waals surface area contributed by atoms with E-state index in [2.05, 4.69) is 11.9 Å². The highest BCUT2D eigenvalue weighted by Crippen LogP contribution is 2.41. The first-order valence-corrected chi connectivity index (χ1v) is 5.90. The maximum absolute atomic E-state index is 5.85. The van der Waals surface area contributed by atoms with Crippen LogP contribution in [0.1, 0.15) is 30.5 Å². The lowest BCUT2D eigenvalue weighted by Gasteiger charge is -2.16. The Morgan fingerprint density at radius 3 is 2.53 bits per heavy atom. The van der Waals surface area contributed by atoms with Crippen LogP contribution < -0.4 is 0 Å². The molecule has 2 heterocycles. The smallest absolute Gasteiger partial charge is 0.184 e. The number of hydrogen-bond acceptors (Lipinski definition) is 4. The molecule has 0 aromatic carbocycles. The highest BCUT2D eigenvalue weighted by Gasteiger charge is 2.41. The number of aryl methyl sites for hydroxylation is 1. The molecule has 2 rings (SSSR count). The van der Waals surface area contributed by atoms with Gasteiger partial charge >= 0.3 is 0 Å². The Bertz CT molecular complexity index is 377. The van der Waals surface area contributed by atoms with E-state index >= 15 is 0 Å². The Balaban J connectivity index is 2.29. The molecule has 2 atom stereocenters. The maximum atomic E-state index is 5.85. The van der Waals surface area contributed by atoms with Gasteiger partial charge in [-0.3, -0.25) is 0 Å². The molecule has 5 heteroatoms. The van der Waals surface area contributed by atoms with Gasteiger partial charge < -0.3 is 9.47 Å². The van der Waals surface area contributed by atoms with Gasteiger partial charge in [0.1, 0.15) is 6.10 Å². The molecule has 1 aliphatic rings. The minimum absolute atomic E-state index is 0.162. The van der Waals surface area contributed by atoms with Gasteiger partial charge in [-0.25, -0.2) is 4.98 Å². The van der Waals surface area contributed by atoms with Crippen molar-refractivity contribution in [3.8, 4) is 0 Å². The second-order valence-corrected chi connectivity index (χ2v) is 5.62. The van der Waals surface area contributed by atoms with Crippen LogP contribution in [-0.2, 0) is 9.47 Å². The maximum Gasteiger partial charge on any atom is 0.184 e. The fourth-order valence-corrected chi connectivity index (χ4v) is 2.95. The fraction of sp³-hybridized carbons (Fsp3) is 0.600. The summed E-state index contributed by atoms with van der Waals surface area (Å²) >= 11 is 7.28. The third-order valence-electron chi connectivity index (χ3n) is 2.25. The van der Waals surface area contributed by atoms with Gasteiger partial charge in [0.25, 0.3) is 0 Å². The standard InChI is InChI=1S/C10H13ClNO2S/c1-5-8(15-9(11)12-5)7-6(2)13-10(3,4)14-7/h6-7H,2H2,1,3-4H3/t6-,7+/m0/s1. The molecule has 0 saturated carbocycles. The Labute approximate surface area is 98.4 Å². The van der Waals surface area contributed by atoms with Crippen LogP contribution in [0.5, 0.6) is 0 Å². The van der Waals surface area contributed by atoms with Crippen LogP contribution in [0.15, 0.2) is 0 Å². The van der Waals surface area contributed by atoms with E-state index in [0.717, 1.165) is 10.6 Å². The van der Waals surface area contributed by atoms with Crippen molar-refractivity contribution in [1.29, 1.82) is 0 Å². The van der Waals surface area contributed by atoms with Crippen LogP contribution >= 0.6 is 22.9 Å². The first-order chi connectivity index (χ1) is 6.89. The molecule has 1 fully saturated rings. The summed E-state index contributed by atoms with van der Waals surface area (Å²) in [5, 5.41) is 0. The summed E-state index contributed by atoms with van der Waals surface area (Å²) in [6, 6.07) is 0. The lowest BCUT2D eigenvalue weighted by atomic mass is 10.2. The van der Waals surface area contributed by atoms with E-state index in [4.69, 9.17) is 21.1 Å². The van der Waals surface area contributed by atoms with E-state index in [9.17, 15) is 0 Å². The van der Waals surface area contributed by atoms with Gasteiger partial charge in [0.05, 0.1) is 16.7 Å². The Hall–Kier alpha value is -0.160. The van der Waals surface area contributed by atoms with Gasteiger partial charge in [-0.2, -0.15) is 0 Å². The molecule has 0 bridgehead atoms.